The van der Waals surface area contributed by atoms with Gasteiger partial charge in [-0.3, -0.25) is 4.90 Å². The van der Waals surface area contributed by atoms with E-state index in [0.29, 0.717) is 39.4 Å². The lowest BCUT2D eigenvalue weighted by Gasteiger charge is -2.26. The van der Waals surface area contributed by atoms with Crippen LogP contribution in [0.1, 0.15) is 23.6 Å². The van der Waals surface area contributed by atoms with Crippen LogP contribution in [0.15, 0.2) is 48.0 Å². The van der Waals surface area contributed by atoms with Crippen LogP contribution in [0.3, 0.4) is 0 Å². The molecule has 174 valence electrons. The summed E-state index contributed by atoms with van der Waals surface area (Å²) in [5, 5.41) is 12.6. The fourth-order valence-electron chi connectivity index (χ4n) is 4.18. The van der Waals surface area contributed by atoms with Gasteiger partial charge in [-0.1, -0.05) is 12.1 Å². The van der Waals surface area contributed by atoms with Gasteiger partial charge in [0.15, 0.2) is 0 Å². The monoisotopic (exact) mass is 454 g/mol. The maximum Gasteiger partial charge on any atom is 0.345 e. The predicted molar refractivity (Wildman–Crippen MR) is 122 cm³/mol. The Morgan fingerprint density at radius 1 is 1.15 bits per heavy atom. The number of fused-ring (bicyclic) bond motifs is 1. The summed E-state index contributed by atoms with van der Waals surface area (Å²) in [6, 6.07) is 11.3. The number of hydrogen-bond acceptors (Lipinski definition) is 6. The zero-order chi connectivity index (χ0) is 23.4. The van der Waals surface area contributed by atoms with Crippen LogP contribution in [0, 0.1) is 11.0 Å². The summed E-state index contributed by atoms with van der Waals surface area (Å²) in [5.74, 6) is -0.380. The summed E-state index contributed by atoms with van der Waals surface area (Å²) in [6.45, 7) is 6.33. The smallest absolute Gasteiger partial charge is 0.345 e. The Hall–Kier alpha value is -3.23. The van der Waals surface area contributed by atoms with E-state index >= 15 is 0 Å². The Morgan fingerprint density at radius 3 is 2.55 bits per heavy atom. The molecule has 2 aliphatic rings. The summed E-state index contributed by atoms with van der Waals surface area (Å²) >= 11 is 0. The number of hydroxylamine groups is 1. The van der Waals surface area contributed by atoms with Crippen LogP contribution in [-0.4, -0.2) is 74.4 Å². The molecule has 0 N–H and O–H groups in total. The van der Waals surface area contributed by atoms with E-state index < -0.39 is 5.97 Å². The Bertz CT molecular complexity index is 1080. The largest absolute Gasteiger partial charge is 0.624 e. The molecular weight excluding hydrogens is 427 g/mol. The van der Waals surface area contributed by atoms with E-state index in [4.69, 9.17) is 14.2 Å². The number of rotatable bonds is 7. The number of halogens is 1. The van der Waals surface area contributed by atoms with Crippen molar-refractivity contribution in [1.29, 1.82) is 0 Å². The van der Waals surface area contributed by atoms with E-state index in [0.717, 1.165) is 32.8 Å². The molecule has 0 atom stereocenters. The summed E-state index contributed by atoms with van der Waals surface area (Å²) < 4.78 is 30.8. The number of carbonyl (C=O) groups excluding carboxylic acids is 1. The van der Waals surface area contributed by atoms with Gasteiger partial charge in [0.05, 0.1) is 25.4 Å². The SMILES string of the molecule is CCOC(=O)C1=C(c2ccc(F)cc2)c2ccc(OCCN3CCOCC3)cc2/C1=[N+](/C)[O-]. The minimum Gasteiger partial charge on any atom is -0.624 e. The maximum atomic E-state index is 13.6. The van der Waals surface area contributed by atoms with E-state index in [1.807, 2.05) is 12.1 Å². The first kappa shape index (κ1) is 22.9. The van der Waals surface area contributed by atoms with Gasteiger partial charge in [-0.15, -0.1) is 0 Å². The average molecular weight is 454 g/mol. The molecular formula is C25H27FN2O5. The van der Waals surface area contributed by atoms with Gasteiger partial charge in [0.2, 0.25) is 5.71 Å². The van der Waals surface area contributed by atoms with Crippen LogP contribution in [0.25, 0.3) is 5.57 Å². The molecule has 2 aromatic carbocycles. The highest BCUT2D eigenvalue weighted by Gasteiger charge is 2.39. The Labute approximate surface area is 192 Å². The maximum absolute atomic E-state index is 13.6. The molecule has 0 aromatic heterocycles. The van der Waals surface area contributed by atoms with Gasteiger partial charge >= 0.3 is 5.97 Å². The number of ether oxygens (including phenoxy) is 3. The second-order valence-corrected chi connectivity index (χ2v) is 7.83. The lowest BCUT2D eigenvalue weighted by molar-refractivity contribution is -0.421. The molecule has 0 bridgehead atoms. The van der Waals surface area contributed by atoms with Gasteiger partial charge < -0.3 is 19.4 Å². The molecule has 33 heavy (non-hydrogen) atoms. The molecule has 8 heteroatoms. The minimum atomic E-state index is -0.597. The number of carbonyl (C=O) groups is 1. The molecule has 0 amide bonds. The standard InChI is InChI=1S/C25H27FN2O5/c1-3-32-25(29)23-22(17-4-6-18(26)7-5-17)20-9-8-19(16-21(20)24(23)27(2)30)33-15-12-28-10-13-31-14-11-28/h4-9,16H,3,10-15H2,1-2H3/b27-24+. The average Bonchev–Trinajstić information content (AvgIpc) is 3.15. The molecule has 0 radical (unpaired) electrons. The molecule has 0 saturated carbocycles. The Morgan fingerprint density at radius 2 is 1.88 bits per heavy atom. The lowest BCUT2D eigenvalue weighted by Crippen LogP contribution is -2.38. The van der Waals surface area contributed by atoms with Crippen LogP contribution in [-0.2, 0) is 14.3 Å². The van der Waals surface area contributed by atoms with Gasteiger partial charge in [0, 0.05) is 25.2 Å². The number of morpholine rings is 1. The van der Waals surface area contributed by atoms with Crippen LogP contribution in [0.2, 0.25) is 0 Å². The zero-order valence-corrected chi connectivity index (χ0v) is 18.8. The van der Waals surface area contributed by atoms with Crippen molar-refractivity contribution in [2.75, 3.05) is 53.1 Å². The lowest BCUT2D eigenvalue weighted by atomic mass is 9.97. The third-order valence-corrected chi connectivity index (χ3v) is 5.71. The minimum absolute atomic E-state index is 0.168. The second kappa shape index (κ2) is 10.1. The molecule has 2 aromatic rings. The third-order valence-electron chi connectivity index (χ3n) is 5.71. The Kier molecular flexibility index (Phi) is 7.05. The van der Waals surface area contributed by atoms with Gasteiger partial charge in [-0.25, -0.2) is 13.9 Å². The first-order valence-corrected chi connectivity index (χ1v) is 11.0. The van der Waals surface area contributed by atoms with E-state index in [-0.39, 0.29) is 23.7 Å². The molecule has 1 aliphatic carbocycles. The topological polar surface area (TPSA) is 74.1 Å². The number of esters is 1. The van der Waals surface area contributed by atoms with Crippen molar-refractivity contribution >= 4 is 17.3 Å². The van der Waals surface area contributed by atoms with Crippen LogP contribution >= 0.6 is 0 Å². The highest BCUT2D eigenvalue weighted by Crippen LogP contribution is 2.40. The van der Waals surface area contributed by atoms with Gasteiger partial charge in [0.1, 0.15) is 30.8 Å². The fraction of sp³-hybridized carbons (Fsp3) is 0.360. The van der Waals surface area contributed by atoms with E-state index in [9.17, 15) is 14.4 Å². The molecule has 7 nitrogen and oxygen atoms in total. The molecule has 0 unspecified atom stereocenters. The summed E-state index contributed by atoms with van der Waals surface area (Å²) in [5.41, 5.74) is 2.82. The van der Waals surface area contributed by atoms with Crippen LogP contribution in [0.5, 0.6) is 5.75 Å². The van der Waals surface area contributed by atoms with Crippen molar-refractivity contribution in [3.63, 3.8) is 0 Å². The molecule has 1 heterocycles. The van der Waals surface area contributed by atoms with Crippen LogP contribution < -0.4 is 4.74 Å². The summed E-state index contributed by atoms with van der Waals surface area (Å²) in [6.07, 6.45) is 0. The molecule has 1 saturated heterocycles. The van der Waals surface area contributed by atoms with Crippen molar-refractivity contribution in [1.82, 2.24) is 4.90 Å². The fourth-order valence-corrected chi connectivity index (χ4v) is 4.18. The van der Waals surface area contributed by atoms with E-state index in [1.54, 1.807) is 25.1 Å². The first-order chi connectivity index (χ1) is 16.0. The third kappa shape index (κ3) is 4.91. The molecule has 1 aliphatic heterocycles. The highest BCUT2D eigenvalue weighted by molar-refractivity contribution is 6.35. The van der Waals surface area contributed by atoms with Crippen molar-refractivity contribution in [2.45, 2.75) is 6.92 Å². The quantitative estimate of drug-likeness (QED) is 0.277. The normalized spacial score (nSPS) is 17.7. The molecule has 1 fully saturated rings. The van der Waals surface area contributed by atoms with Crippen molar-refractivity contribution in [3.05, 3.63) is 75.8 Å². The number of hydrogen-bond donors (Lipinski definition) is 0. The van der Waals surface area contributed by atoms with Gasteiger partial charge in [0.25, 0.3) is 0 Å². The van der Waals surface area contributed by atoms with Crippen molar-refractivity contribution in [2.24, 2.45) is 0 Å². The van der Waals surface area contributed by atoms with Crippen LogP contribution in [0.4, 0.5) is 4.39 Å². The zero-order valence-electron chi connectivity index (χ0n) is 18.8. The van der Waals surface area contributed by atoms with Crippen molar-refractivity contribution in [3.8, 4) is 5.75 Å². The molecule has 0 spiro atoms. The number of benzene rings is 2. The number of nitrogens with zero attached hydrogens (tertiary/aromatic N) is 2. The van der Waals surface area contributed by atoms with E-state index in [2.05, 4.69) is 4.90 Å². The van der Waals surface area contributed by atoms with E-state index in [1.165, 1.54) is 19.2 Å². The summed E-state index contributed by atoms with van der Waals surface area (Å²) in [4.78, 5) is 15.2. The van der Waals surface area contributed by atoms with Gasteiger partial charge in [-0.2, -0.15) is 0 Å². The molecule has 4 rings (SSSR count). The Balaban J connectivity index is 1.68. The first-order valence-electron chi connectivity index (χ1n) is 11.0. The summed E-state index contributed by atoms with van der Waals surface area (Å²) in [7, 11) is 1.35. The van der Waals surface area contributed by atoms with Crippen molar-refractivity contribution < 1.29 is 28.1 Å². The van der Waals surface area contributed by atoms with Gasteiger partial charge in [-0.05, 0) is 48.4 Å². The second-order valence-electron chi connectivity index (χ2n) is 7.83. The highest BCUT2D eigenvalue weighted by atomic mass is 19.1. The predicted octanol–water partition coefficient (Wildman–Crippen LogP) is 2.84.